The molecule has 1 saturated carbocycles. The molecule has 3 heteroatoms. The van der Waals surface area contributed by atoms with Crippen molar-refractivity contribution in [2.75, 3.05) is 6.54 Å². The van der Waals surface area contributed by atoms with E-state index in [4.69, 9.17) is 0 Å². The van der Waals surface area contributed by atoms with Crippen LogP contribution in [0.15, 0.2) is 22.9 Å². The number of rotatable bonds is 4. The Morgan fingerprint density at radius 3 is 2.86 bits per heavy atom. The Balaban J connectivity index is 2.01. The normalized spacial score (nSPS) is 16.2. The minimum atomic E-state index is 0.832. The van der Waals surface area contributed by atoms with Gasteiger partial charge in [0.15, 0.2) is 0 Å². The molecule has 0 aliphatic heterocycles. The summed E-state index contributed by atoms with van der Waals surface area (Å²) < 4.78 is 1.07. The Morgan fingerprint density at radius 2 is 2.29 bits per heavy atom. The van der Waals surface area contributed by atoms with Crippen molar-refractivity contribution in [3.8, 4) is 0 Å². The van der Waals surface area contributed by atoms with Crippen molar-refractivity contribution in [3.05, 3.63) is 28.5 Å². The van der Waals surface area contributed by atoms with Crippen molar-refractivity contribution in [1.82, 2.24) is 9.88 Å². The summed E-state index contributed by atoms with van der Waals surface area (Å²) in [6, 6.07) is 2.98. The Kier molecular flexibility index (Phi) is 3.19. The van der Waals surface area contributed by atoms with Crippen LogP contribution >= 0.6 is 15.9 Å². The van der Waals surface area contributed by atoms with E-state index in [0.29, 0.717) is 0 Å². The van der Waals surface area contributed by atoms with E-state index in [9.17, 15) is 0 Å². The predicted molar refractivity (Wildman–Crippen MR) is 61.0 cm³/mol. The fourth-order valence-corrected chi connectivity index (χ4v) is 2.13. The van der Waals surface area contributed by atoms with E-state index in [2.05, 4.69) is 38.8 Å². The van der Waals surface area contributed by atoms with Crippen LogP contribution in [0.2, 0.25) is 0 Å². The van der Waals surface area contributed by atoms with E-state index in [-0.39, 0.29) is 0 Å². The summed E-state index contributed by atoms with van der Waals surface area (Å²) in [4.78, 5) is 6.70. The lowest BCUT2D eigenvalue weighted by Crippen LogP contribution is -2.25. The lowest BCUT2D eigenvalue weighted by Gasteiger charge is -2.19. The zero-order valence-electron chi connectivity index (χ0n) is 8.41. The van der Waals surface area contributed by atoms with E-state index < -0.39 is 0 Å². The maximum absolute atomic E-state index is 4.18. The predicted octanol–water partition coefficient (Wildman–Crippen LogP) is 2.83. The van der Waals surface area contributed by atoms with Gasteiger partial charge in [-0.05, 0) is 46.9 Å². The van der Waals surface area contributed by atoms with E-state index in [0.717, 1.165) is 23.6 Å². The molecular weight excluding hydrogens is 240 g/mol. The van der Waals surface area contributed by atoms with Gasteiger partial charge in [-0.15, -0.1) is 0 Å². The summed E-state index contributed by atoms with van der Waals surface area (Å²) in [5.41, 5.74) is 1.30. The highest BCUT2D eigenvalue weighted by Gasteiger charge is 2.27. The third kappa shape index (κ3) is 2.55. The topological polar surface area (TPSA) is 16.1 Å². The fourth-order valence-electron chi connectivity index (χ4n) is 1.72. The molecule has 1 heterocycles. The summed E-state index contributed by atoms with van der Waals surface area (Å²) >= 11 is 3.45. The Labute approximate surface area is 93.5 Å². The van der Waals surface area contributed by atoms with Crippen LogP contribution in [-0.4, -0.2) is 22.5 Å². The van der Waals surface area contributed by atoms with Gasteiger partial charge in [-0.2, -0.15) is 0 Å². The second-order valence-corrected chi connectivity index (χ2v) is 4.72. The summed E-state index contributed by atoms with van der Waals surface area (Å²) in [6.07, 6.45) is 6.53. The molecule has 0 aromatic carbocycles. The van der Waals surface area contributed by atoms with Gasteiger partial charge in [-0.3, -0.25) is 9.88 Å². The molecule has 1 aromatic heterocycles. The molecule has 0 saturated heterocycles. The van der Waals surface area contributed by atoms with Crippen LogP contribution in [-0.2, 0) is 6.54 Å². The Morgan fingerprint density at radius 1 is 1.50 bits per heavy atom. The lowest BCUT2D eigenvalue weighted by atomic mass is 10.2. The highest BCUT2D eigenvalue weighted by molar-refractivity contribution is 9.10. The van der Waals surface area contributed by atoms with E-state index in [1.807, 2.05) is 12.4 Å². The zero-order valence-corrected chi connectivity index (χ0v) is 10.00. The summed E-state index contributed by atoms with van der Waals surface area (Å²) in [5.74, 6) is 0. The lowest BCUT2D eigenvalue weighted by molar-refractivity contribution is 0.269. The third-order valence-corrected chi connectivity index (χ3v) is 3.05. The van der Waals surface area contributed by atoms with Gasteiger partial charge < -0.3 is 0 Å². The minimum absolute atomic E-state index is 0.832. The maximum atomic E-state index is 4.18. The van der Waals surface area contributed by atoms with Gasteiger partial charge in [0.1, 0.15) is 0 Å². The monoisotopic (exact) mass is 254 g/mol. The molecule has 0 radical (unpaired) electrons. The first kappa shape index (κ1) is 10.1. The first-order valence-electron chi connectivity index (χ1n) is 5.13. The van der Waals surface area contributed by atoms with Gasteiger partial charge in [0.25, 0.3) is 0 Å². The van der Waals surface area contributed by atoms with E-state index >= 15 is 0 Å². The molecule has 0 unspecified atom stereocenters. The molecule has 0 spiro atoms. The largest absolute Gasteiger partial charge is 0.296 e. The van der Waals surface area contributed by atoms with Crippen LogP contribution in [0.25, 0.3) is 0 Å². The van der Waals surface area contributed by atoms with Gasteiger partial charge in [0.2, 0.25) is 0 Å². The molecule has 1 fully saturated rings. The molecule has 0 N–H and O–H groups in total. The van der Waals surface area contributed by atoms with Crippen LogP contribution < -0.4 is 0 Å². The molecule has 0 atom stereocenters. The molecule has 2 rings (SSSR count). The molecule has 14 heavy (non-hydrogen) atoms. The number of hydrogen-bond donors (Lipinski definition) is 0. The minimum Gasteiger partial charge on any atom is -0.296 e. The van der Waals surface area contributed by atoms with Gasteiger partial charge in [0.05, 0.1) is 0 Å². The van der Waals surface area contributed by atoms with Crippen LogP contribution in [0.5, 0.6) is 0 Å². The second-order valence-electron chi connectivity index (χ2n) is 3.81. The van der Waals surface area contributed by atoms with Crippen molar-refractivity contribution >= 4 is 15.9 Å². The highest BCUT2D eigenvalue weighted by Crippen LogP contribution is 2.28. The van der Waals surface area contributed by atoms with Crippen LogP contribution in [0.1, 0.15) is 25.3 Å². The van der Waals surface area contributed by atoms with Crippen LogP contribution in [0.4, 0.5) is 0 Å². The molecular formula is C11H15BrN2. The maximum Gasteiger partial charge on any atom is 0.0410 e. The molecule has 2 nitrogen and oxygen atoms in total. The average molecular weight is 255 g/mol. The average Bonchev–Trinajstić information content (AvgIpc) is 2.97. The standard InChI is InChI=1S/C11H15BrN2/c1-2-14(11-3-4-11)8-9-5-10(12)7-13-6-9/h5-7,11H,2-4,8H2,1H3. The number of nitrogens with zero attached hydrogens (tertiary/aromatic N) is 2. The summed E-state index contributed by atoms with van der Waals surface area (Å²) in [7, 11) is 0. The van der Waals surface area contributed by atoms with Crippen LogP contribution in [0, 0.1) is 0 Å². The number of aromatic nitrogens is 1. The van der Waals surface area contributed by atoms with E-state index in [1.54, 1.807) is 0 Å². The van der Waals surface area contributed by atoms with Gasteiger partial charge >= 0.3 is 0 Å². The SMILES string of the molecule is CCN(Cc1cncc(Br)c1)C1CC1. The van der Waals surface area contributed by atoms with E-state index in [1.165, 1.54) is 18.4 Å². The van der Waals surface area contributed by atoms with Crippen molar-refractivity contribution in [2.45, 2.75) is 32.4 Å². The second kappa shape index (κ2) is 4.41. The first-order chi connectivity index (χ1) is 6.79. The number of hydrogen-bond acceptors (Lipinski definition) is 2. The molecule has 1 aliphatic carbocycles. The first-order valence-corrected chi connectivity index (χ1v) is 5.92. The molecule has 0 bridgehead atoms. The van der Waals surface area contributed by atoms with Crippen LogP contribution in [0.3, 0.4) is 0 Å². The number of pyridine rings is 1. The van der Waals surface area contributed by atoms with Crippen molar-refractivity contribution in [1.29, 1.82) is 0 Å². The Bertz CT molecular complexity index is 310. The molecule has 1 aliphatic rings. The summed E-state index contributed by atoms with van der Waals surface area (Å²) in [6.45, 7) is 4.40. The molecule has 0 amide bonds. The van der Waals surface area contributed by atoms with Crippen molar-refractivity contribution in [2.24, 2.45) is 0 Å². The third-order valence-electron chi connectivity index (χ3n) is 2.62. The van der Waals surface area contributed by atoms with Gasteiger partial charge in [0, 0.05) is 29.5 Å². The zero-order chi connectivity index (χ0) is 9.97. The van der Waals surface area contributed by atoms with Crippen molar-refractivity contribution in [3.63, 3.8) is 0 Å². The summed E-state index contributed by atoms with van der Waals surface area (Å²) in [5, 5.41) is 0. The molecule has 76 valence electrons. The Hall–Kier alpha value is -0.410. The van der Waals surface area contributed by atoms with Gasteiger partial charge in [-0.25, -0.2) is 0 Å². The van der Waals surface area contributed by atoms with Crippen molar-refractivity contribution < 1.29 is 0 Å². The van der Waals surface area contributed by atoms with Gasteiger partial charge in [-0.1, -0.05) is 6.92 Å². The number of halogens is 1. The molecule has 1 aromatic rings. The smallest absolute Gasteiger partial charge is 0.0410 e. The highest BCUT2D eigenvalue weighted by atomic mass is 79.9. The fraction of sp³-hybridized carbons (Fsp3) is 0.545. The quantitative estimate of drug-likeness (QED) is 0.822.